The van der Waals surface area contributed by atoms with Gasteiger partial charge in [0.1, 0.15) is 12.0 Å². The van der Waals surface area contributed by atoms with Crippen molar-refractivity contribution in [3.05, 3.63) is 27.9 Å². The fourth-order valence-corrected chi connectivity index (χ4v) is 2.20. The van der Waals surface area contributed by atoms with E-state index in [-0.39, 0.29) is 5.69 Å². The molecule has 2 heterocycles. The average molecular weight is 250 g/mol. The van der Waals surface area contributed by atoms with Crippen molar-refractivity contribution in [2.45, 2.75) is 19.8 Å². The van der Waals surface area contributed by atoms with Crippen molar-refractivity contribution < 1.29 is 4.92 Å². The minimum atomic E-state index is -0.423. The van der Waals surface area contributed by atoms with Gasteiger partial charge in [-0.1, -0.05) is 0 Å². The van der Waals surface area contributed by atoms with Crippen LogP contribution in [-0.4, -0.2) is 29.5 Å². The lowest BCUT2D eigenvalue weighted by Gasteiger charge is -2.11. The van der Waals surface area contributed by atoms with Crippen LogP contribution in [0.4, 0.5) is 11.5 Å². The molecule has 1 aromatic rings. The Bertz CT molecular complexity index is 430. The first-order chi connectivity index (χ1) is 8.66. The summed E-state index contributed by atoms with van der Waals surface area (Å²) in [5, 5.41) is 17.2. The molecule has 18 heavy (non-hydrogen) atoms. The van der Waals surface area contributed by atoms with E-state index in [1.165, 1.54) is 12.6 Å². The maximum absolute atomic E-state index is 10.6. The summed E-state index contributed by atoms with van der Waals surface area (Å²) in [5.41, 5.74) is 0.854. The fraction of sp³-hybridized carbons (Fsp3) is 0.583. The molecule has 1 unspecified atom stereocenters. The Kier molecular flexibility index (Phi) is 4.09. The lowest BCUT2D eigenvalue weighted by Crippen LogP contribution is -2.13. The Morgan fingerprint density at radius 1 is 1.67 bits per heavy atom. The van der Waals surface area contributed by atoms with Gasteiger partial charge in [-0.3, -0.25) is 10.1 Å². The zero-order valence-electron chi connectivity index (χ0n) is 10.5. The van der Waals surface area contributed by atoms with E-state index in [9.17, 15) is 10.1 Å². The number of rotatable bonds is 5. The van der Waals surface area contributed by atoms with Crippen LogP contribution >= 0.6 is 0 Å². The standard InChI is InChI=1S/C12H18N4O2/c1-9-6-11(16(17)18)8-15-12(9)14-5-3-10-2-4-13-7-10/h6,8,10,13H,2-5,7H2,1H3,(H,14,15). The van der Waals surface area contributed by atoms with Gasteiger partial charge in [-0.25, -0.2) is 4.98 Å². The molecular weight excluding hydrogens is 232 g/mol. The summed E-state index contributed by atoms with van der Waals surface area (Å²) in [7, 11) is 0. The number of nitro groups is 1. The predicted molar refractivity (Wildman–Crippen MR) is 69.7 cm³/mol. The van der Waals surface area contributed by atoms with Crippen LogP contribution in [0.15, 0.2) is 12.3 Å². The Hall–Kier alpha value is -1.69. The number of aromatic nitrogens is 1. The maximum Gasteiger partial charge on any atom is 0.287 e. The Balaban J connectivity index is 1.87. The molecule has 0 saturated carbocycles. The zero-order chi connectivity index (χ0) is 13.0. The minimum absolute atomic E-state index is 0.0399. The molecule has 98 valence electrons. The summed E-state index contributed by atoms with van der Waals surface area (Å²) in [6, 6.07) is 1.55. The highest BCUT2D eigenvalue weighted by molar-refractivity contribution is 5.48. The van der Waals surface area contributed by atoms with E-state index in [0.717, 1.165) is 43.4 Å². The van der Waals surface area contributed by atoms with Gasteiger partial charge in [-0.2, -0.15) is 0 Å². The number of hydrogen-bond donors (Lipinski definition) is 2. The molecule has 0 amide bonds. The second-order valence-electron chi connectivity index (χ2n) is 4.69. The highest BCUT2D eigenvalue weighted by Crippen LogP contribution is 2.18. The molecule has 1 aliphatic heterocycles. The van der Waals surface area contributed by atoms with E-state index >= 15 is 0 Å². The van der Waals surface area contributed by atoms with Crippen molar-refractivity contribution in [2.24, 2.45) is 5.92 Å². The smallest absolute Gasteiger partial charge is 0.287 e. The number of pyridine rings is 1. The number of hydrogen-bond acceptors (Lipinski definition) is 5. The summed E-state index contributed by atoms with van der Waals surface area (Å²) in [6.45, 7) is 4.89. The lowest BCUT2D eigenvalue weighted by molar-refractivity contribution is -0.385. The van der Waals surface area contributed by atoms with Crippen molar-refractivity contribution >= 4 is 11.5 Å². The van der Waals surface area contributed by atoms with Gasteiger partial charge in [0.05, 0.1) is 4.92 Å². The molecule has 1 aromatic heterocycles. The first kappa shape index (κ1) is 12.8. The summed E-state index contributed by atoms with van der Waals surface area (Å²) in [5.74, 6) is 1.47. The third kappa shape index (κ3) is 3.16. The molecule has 0 aromatic carbocycles. The summed E-state index contributed by atoms with van der Waals surface area (Å²) < 4.78 is 0. The quantitative estimate of drug-likeness (QED) is 0.614. The molecule has 6 nitrogen and oxygen atoms in total. The largest absolute Gasteiger partial charge is 0.370 e. The molecule has 1 aliphatic rings. The third-order valence-corrected chi connectivity index (χ3v) is 3.28. The lowest BCUT2D eigenvalue weighted by atomic mass is 10.1. The van der Waals surface area contributed by atoms with E-state index in [0.29, 0.717) is 0 Å². The summed E-state index contributed by atoms with van der Waals surface area (Å²) >= 11 is 0. The SMILES string of the molecule is Cc1cc([N+](=O)[O-])cnc1NCCC1CCNC1. The van der Waals surface area contributed by atoms with Crippen LogP contribution in [0, 0.1) is 23.0 Å². The van der Waals surface area contributed by atoms with Crippen molar-refractivity contribution in [2.75, 3.05) is 25.0 Å². The molecule has 1 saturated heterocycles. The van der Waals surface area contributed by atoms with Crippen LogP contribution in [0.25, 0.3) is 0 Å². The Morgan fingerprint density at radius 2 is 2.50 bits per heavy atom. The van der Waals surface area contributed by atoms with Gasteiger partial charge in [0.25, 0.3) is 5.69 Å². The molecule has 2 rings (SSSR count). The van der Waals surface area contributed by atoms with Crippen molar-refractivity contribution in [3.8, 4) is 0 Å². The first-order valence-corrected chi connectivity index (χ1v) is 6.22. The first-order valence-electron chi connectivity index (χ1n) is 6.22. The van der Waals surface area contributed by atoms with E-state index < -0.39 is 4.92 Å². The molecule has 0 spiro atoms. The Labute approximate surface area is 106 Å². The molecule has 1 atom stereocenters. The van der Waals surface area contributed by atoms with Gasteiger partial charge in [0, 0.05) is 12.6 Å². The van der Waals surface area contributed by atoms with Gasteiger partial charge < -0.3 is 10.6 Å². The number of aryl methyl sites for hydroxylation is 1. The highest BCUT2D eigenvalue weighted by atomic mass is 16.6. The third-order valence-electron chi connectivity index (χ3n) is 3.28. The molecule has 2 N–H and O–H groups in total. The van der Waals surface area contributed by atoms with E-state index in [1.54, 1.807) is 6.07 Å². The monoisotopic (exact) mass is 250 g/mol. The van der Waals surface area contributed by atoms with Crippen molar-refractivity contribution in [3.63, 3.8) is 0 Å². The number of nitrogens with zero attached hydrogens (tertiary/aromatic N) is 2. The topological polar surface area (TPSA) is 80.1 Å². The van der Waals surface area contributed by atoms with Crippen LogP contribution in [0.5, 0.6) is 0 Å². The van der Waals surface area contributed by atoms with Crippen molar-refractivity contribution in [1.82, 2.24) is 10.3 Å². The van der Waals surface area contributed by atoms with Crippen LogP contribution in [0.2, 0.25) is 0 Å². The second kappa shape index (κ2) is 5.77. The average Bonchev–Trinajstić information content (AvgIpc) is 2.84. The molecule has 0 radical (unpaired) electrons. The summed E-state index contributed by atoms with van der Waals surface area (Å²) in [4.78, 5) is 14.3. The van der Waals surface area contributed by atoms with Crippen molar-refractivity contribution in [1.29, 1.82) is 0 Å². The van der Waals surface area contributed by atoms with E-state index in [2.05, 4.69) is 15.6 Å². The molecule has 0 aliphatic carbocycles. The van der Waals surface area contributed by atoms with E-state index in [1.807, 2.05) is 6.92 Å². The minimum Gasteiger partial charge on any atom is -0.370 e. The van der Waals surface area contributed by atoms with E-state index in [4.69, 9.17) is 0 Å². The van der Waals surface area contributed by atoms with Crippen LogP contribution < -0.4 is 10.6 Å². The van der Waals surface area contributed by atoms with Gasteiger partial charge >= 0.3 is 0 Å². The fourth-order valence-electron chi connectivity index (χ4n) is 2.20. The number of anilines is 1. The van der Waals surface area contributed by atoms with Crippen LogP contribution in [0.1, 0.15) is 18.4 Å². The molecule has 1 fully saturated rings. The summed E-state index contributed by atoms with van der Waals surface area (Å²) in [6.07, 6.45) is 3.63. The van der Waals surface area contributed by atoms with Gasteiger partial charge in [-0.05, 0) is 44.3 Å². The maximum atomic E-state index is 10.6. The normalized spacial score (nSPS) is 18.8. The highest BCUT2D eigenvalue weighted by Gasteiger charge is 2.14. The van der Waals surface area contributed by atoms with Crippen LogP contribution in [-0.2, 0) is 0 Å². The molecule has 6 heteroatoms. The number of nitrogens with one attached hydrogen (secondary N) is 2. The van der Waals surface area contributed by atoms with Gasteiger partial charge in [0.2, 0.25) is 0 Å². The van der Waals surface area contributed by atoms with Crippen LogP contribution in [0.3, 0.4) is 0 Å². The Morgan fingerprint density at radius 3 is 3.11 bits per heavy atom. The van der Waals surface area contributed by atoms with Gasteiger partial charge in [0.15, 0.2) is 0 Å². The van der Waals surface area contributed by atoms with Gasteiger partial charge in [-0.15, -0.1) is 0 Å². The second-order valence-corrected chi connectivity index (χ2v) is 4.69. The zero-order valence-corrected chi connectivity index (χ0v) is 10.5. The predicted octanol–water partition coefficient (Wildman–Crippen LogP) is 1.71. The molecule has 0 bridgehead atoms. The molecular formula is C12H18N4O2.